The van der Waals surface area contributed by atoms with E-state index in [0.717, 1.165) is 50.8 Å². The van der Waals surface area contributed by atoms with Gasteiger partial charge in [-0.2, -0.15) is 0 Å². The molecule has 0 atom stereocenters. The first-order chi connectivity index (χ1) is 14.6. The summed E-state index contributed by atoms with van der Waals surface area (Å²) in [6.07, 6.45) is 5.38. The summed E-state index contributed by atoms with van der Waals surface area (Å²) < 4.78 is 0. The number of imide groups is 1. The van der Waals surface area contributed by atoms with Gasteiger partial charge in [0, 0.05) is 13.1 Å². The average Bonchev–Trinajstić information content (AvgIpc) is 3.04. The van der Waals surface area contributed by atoms with Crippen LogP contribution in [0.15, 0.2) is 60.3 Å². The van der Waals surface area contributed by atoms with Gasteiger partial charge < -0.3 is 4.90 Å². The van der Waals surface area contributed by atoms with E-state index in [0.29, 0.717) is 22.9 Å². The predicted molar refractivity (Wildman–Crippen MR) is 121 cm³/mol. The number of hydrogen-bond donors (Lipinski definition) is 0. The summed E-state index contributed by atoms with van der Waals surface area (Å²) in [5.74, 6) is 0.233. The van der Waals surface area contributed by atoms with E-state index in [1.807, 2.05) is 54.6 Å². The van der Waals surface area contributed by atoms with Crippen molar-refractivity contribution in [3.05, 3.63) is 71.4 Å². The van der Waals surface area contributed by atoms with Crippen LogP contribution in [0.1, 0.15) is 50.7 Å². The lowest BCUT2D eigenvalue weighted by molar-refractivity contribution is -0.120. The van der Waals surface area contributed by atoms with Crippen molar-refractivity contribution < 1.29 is 9.59 Å². The highest BCUT2D eigenvalue weighted by Gasteiger charge is 2.42. The van der Waals surface area contributed by atoms with Crippen LogP contribution in [0.4, 0.5) is 5.69 Å². The highest BCUT2D eigenvalue weighted by Crippen LogP contribution is 2.36. The first-order valence-electron chi connectivity index (χ1n) is 11.1. The standard InChI is InChI=1S/C26H30N2O2/c1-3-4-8-20-11-13-22(14-12-20)28-25(29)23(21-9-6-5-7-10-21)24(26(28)30)27-17-15-19(2)16-18-27/h5-7,9-14,19H,3-4,8,15-18H2,1-2H3. The molecule has 0 radical (unpaired) electrons. The maximum absolute atomic E-state index is 13.5. The molecule has 156 valence electrons. The number of likely N-dealkylation sites (tertiary alicyclic amines) is 1. The van der Waals surface area contributed by atoms with Crippen LogP contribution in [0.3, 0.4) is 0 Å². The third kappa shape index (κ3) is 3.91. The number of carbonyl (C=O) groups is 2. The van der Waals surface area contributed by atoms with Gasteiger partial charge in [-0.1, -0.05) is 62.7 Å². The highest BCUT2D eigenvalue weighted by molar-refractivity contribution is 6.45. The third-order valence-corrected chi connectivity index (χ3v) is 6.24. The molecule has 0 bridgehead atoms. The Morgan fingerprint density at radius 2 is 1.57 bits per heavy atom. The van der Waals surface area contributed by atoms with E-state index in [4.69, 9.17) is 0 Å². The van der Waals surface area contributed by atoms with Gasteiger partial charge in [0.25, 0.3) is 11.8 Å². The maximum atomic E-state index is 13.5. The zero-order valence-electron chi connectivity index (χ0n) is 17.9. The van der Waals surface area contributed by atoms with Crippen LogP contribution in [0.2, 0.25) is 0 Å². The van der Waals surface area contributed by atoms with Crippen molar-refractivity contribution in [2.45, 2.75) is 46.0 Å². The van der Waals surface area contributed by atoms with Crippen molar-refractivity contribution in [3.8, 4) is 0 Å². The molecule has 2 aromatic carbocycles. The molecule has 2 aliphatic heterocycles. The van der Waals surface area contributed by atoms with E-state index >= 15 is 0 Å². The molecule has 1 fully saturated rings. The quantitative estimate of drug-likeness (QED) is 0.635. The number of rotatable bonds is 6. The van der Waals surface area contributed by atoms with Crippen LogP contribution >= 0.6 is 0 Å². The van der Waals surface area contributed by atoms with Crippen LogP contribution < -0.4 is 4.90 Å². The van der Waals surface area contributed by atoms with Gasteiger partial charge in [-0.15, -0.1) is 0 Å². The molecule has 0 saturated carbocycles. The Morgan fingerprint density at radius 1 is 0.900 bits per heavy atom. The summed E-state index contributed by atoms with van der Waals surface area (Å²) in [6, 6.07) is 17.5. The van der Waals surface area contributed by atoms with Crippen molar-refractivity contribution >= 4 is 23.1 Å². The molecule has 2 aromatic rings. The van der Waals surface area contributed by atoms with Gasteiger partial charge in [0.05, 0.1) is 11.3 Å². The summed E-state index contributed by atoms with van der Waals surface area (Å²) in [5, 5.41) is 0. The van der Waals surface area contributed by atoms with E-state index in [-0.39, 0.29) is 11.8 Å². The molecular formula is C26H30N2O2. The highest BCUT2D eigenvalue weighted by atomic mass is 16.2. The number of amides is 2. The van der Waals surface area contributed by atoms with Crippen molar-refractivity contribution in [3.63, 3.8) is 0 Å². The first kappa shape index (κ1) is 20.4. The van der Waals surface area contributed by atoms with E-state index < -0.39 is 0 Å². The molecular weight excluding hydrogens is 372 g/mol. The fourth-order valence-electron chi connectivity index (χ4n) is 4.34. The van der Waals surface area contributed by atoms with Crippen molar-refractivity contribution in [1.29, 1.82) is 0 Å². The minimum absolute atomic E-state index is 0.199. The minimum Gasteiger partial charge on any atom is -0.366 e. The van der Waals surface area contributed by atoms with E-state index in [1.165, 1.54) is 10.5 Å². The molecule has 0 spiro atoms. The smallest absolute Gasteiger partial charge is 0.282 e. The van der Waals surface area contributed by atoms with Gasteiger partial charge >= 0.3 is 0 Å². The van der Waals surface area contributed by atoms with Crippen molar-refractivity contribution in [1.82, 2.24) is 4.90 Å². The topological polar surface area (TPSA) is 40.6 Å². The van der Waals surface area contributed by atoms with Crippen LogP contribution in [-0.2, 0) is 16.0 Å². The Morgan fingerprint density at radius 3 is 2.20 bits per heavy atom. The van der Waals surface area contributed by atoms with Crippen molar-refractivity contribution in [2.24, 2.45) is 5.92 Å². The number of hydrogen-bond acceptors (Lipinski definition) is 3. The summed E-state index contributed by atoms with van der Waals surface area (Å²) >= 11 is 0. The zero-order valence-corrected chi connectivity index (χ0v) is 17.9. The molecule has 1 saturated heterocycles. The SMILES string of the molecule is CCCCc1ccc(N2C(=O)C(c3ccccc3)=C(N3CCC(C)CC3)C2=O)cc1. The maximum Gasteiger partial charge on any atom is 0.282 e. The van der Waals surface area contributed by atoms with Gasteiger partial charge in [-0.25, -0.2) is 4.90 Å². The van der Waals surface area contributed by atoms with Gasteiger partial charge in [0.1, 0.15) is 5.70 Å². The molecule has 4 rings (SSSR count). The molecule has 0 aromatic heterocycles. The second-order valence-electron chi connectivity index (χ2n) is 8.47. The van der Waals surface area contributed by atoms with Crippen LogP contribution in [0.5, 0.6) is 0 Å². The first-order valence-corrected chi connectivity index (χ1v) is 11.1. The van der Waals surface area contributed by atoms with Crippen LogP contribution in [0, 0.1) is 5.92 Å². The zero-order chi connectivity index (χ0) is 21.1. The lowest BCUT2D eigenvalue weighted by Crippen LogP contribution is -2.38. The molecule has 0 aliphatic carbocycles. The van der Waals surface area contributed by atoms with E-state index in [1.54, 1.807) is 0 Å². The molecule has 4 heteroatoms. The number of benzene rings is 2. The lowest BCUT2D eigenvalue weighted by Gasteiger charge is -2.32. The summed E-state index contributed by atoms with van der Waals surface area (Å²) in [6.45, 7) is 6.05. The van der Waals surface area contributed by atoms with Crippen molar-refractivity contribution in [2.75, 3.05) is 18.0 Å². The average molecular weight is 403 g/mol. The predicted octanol–water partition coefficient (Wildman–Crippen LogP) is 5.05. The Bertz CT molecular complexity index is 939. The monoisotopic (exact) mass is 402 g/mol. The summed E-state index contributed by atoms with van der Waals surface area (Å²) in [7, 11) is 0. The Hall–Kier alpha value is -2.88. The molecule has 0 unspecified atom stereocenters. The van der Waals surface area contributed by atoms with Gasteiger partial charge in [-0.3, -0.25) is 9.59 Å². The molecule has 0 N–H and O–H groups in total. The second-order valence-corrected chi connectivity index (χ2v) is 8.47. The summed E-state index contributed by atoms with van der Waals surface area (Å²) in [5.41, 5.74) is 3.80. The minimum atomic E-state index is -0.221. The number of piperidine rings is 1. The fraction of sp³-hybridized carbons (Fsp3) is 0.385. The molecule has 30 heavy (non-hydrogen) atoms. The molecule has 2 heterocycles. The lowest BCUT2D eigenvalue weighted by atomic mass is 9.97. The number of unbranched alkanes of at least 4 members (excludes halogenated alkanes) is 1. The number of nitrogens with zero attached hydrogens (tertiary/aromatic N) is 2. The Labute approximate surface area is 179 Å². The van der Waals surface area contributed by atoms with E-state index in [9.17, 15) is 9.59 Å². The molecule has 4 nitrogen and oxygen atoms in total. The second kappa shape index (κ2) is 8.86. The summed E-state index contributed by atoms with van der Waals surface area (Å²) in [4.78, 5) is 30.5. The third-order valence-electron chi connectivity index (χ3n) is 6.24. The van der Waals surface area contributed by atoms with Gasteiger partial charge in [0.2, 0.25) is 0 Å². The number of carbonyl (C=O) groups excluding carboxylic acids is 2. The Kier molecular flexibility index (Phi) is 6.03. The van der Waals surface area contributed by atoms with Gasteiger partial charge in [0.15, 0.2) is 0 Å². The number of aryl methyl sites for hydroxylation is 1. The van der Waals surface area contributed by atoms with Crippen LogP contribution in [0.25, 0.3) is 5.57 Å². The largest absolute Gasteiger partial charge is 0.366 e. The fourth-order valence-corrected chi connectivity index (χ4v) is 4.34. The van der Waals surface area contributed by atoms with E-state index in [2.05, 4.69) is 18.7 Å². The number of anilines is 1. The van der Waals surface area contributed by atoms with Gasteiger partial charge in [-0.05, 0) is 54.9 Å². The Balaban J connectivity index is 1.69. The normalized spacial score (nSPS) is 17.9. The molecule has 2 amide bonds. The van der Waals surface area contributed by atoms with Crippen LogP contribution in [-0.4, -0.2) is 29.8 Å². The molecule has 2 aliphatic rings.